The molecule has 1 aromatic heterocycles. The smallest absolute Gasteiger partial charge is 0.150 e. The summed E-state index contributed by atoms with van der Waals surface area (Å²) in [6.07, 6.45) is 5.47. The molecule has 0 N–H and O–H groups in total. The van der Waals surface area contributed by atoms with Gasteiger partial charge in [-0.15, -0.1) is 11.6 Å². The first-order chi connectivity index (χ1) is 8.20. The fraction of sp³-hybridized carbons (Fsp3) is 0.692. The van der Waals surface area contributed by atoms with Crippen molar-refractivity contribution in [2.24, 2.45) is 5.92 Å². The summed E-state index contributed by atoms with van der Waals surface area (Å²) in [5.74, 6) is 2.53. The number of anilines is 1. The Bertz CT molecular complexity index is 379. The van der Waals surface area contributed by atoms with Crippen LogP contribution in [0.4, 0.5) is 5.82 Å². The maximum Gasteiger partial charge on any atom is 0.150 e. The number of piperidine rings is 1. The van der Waals surface area contributed by atoms with Gasteiger partial charge in [0.1, 0.15) is 5.82 Å². The molecule has 0 spiro atoms. The first-order valence-corrected chi connectivity index (χ1v) is 6.85. The van der Waals surface area contributed by atoms with E-state index in [1.54, 1.807) is 0 Å². The maximum absolute atomic E-state index is 5.84. The van der Waals surface area contributed by atoms with Gasteiger partial charge in [0.2, 0.25) is 0 Å². The number of hydrogen-bond acceptors (Lipinski definition) is 3. The number of aromatic nitrogens is 2. The highest BCUT2D eigenvalue weighted by molar-refractivity contribution is 6.17. The van der Waals surface area contributed by atoms with Crippen molar-refractivity contribution < 1.29 is 0 Å². The third-order valence-corrected chi connectivity index (χ3v) is 3.60. The Labute approximate surface area is 108 Å². The van der Waals surface area contributed by atoms with Crippen LogP contribution in [0.1, 0.15) is 30.7 Å². The molecule has 0 bridgehead atoms. The summed E-state index contributed by atoms with van der Waals surface area (Å²) in [5.41, 5.74) is 2.02. The normalized spacial score (nSPS) is 20.6. The average molecular weight is 254 g/mol. The molecular formula is C13H20ClN3. The Morgan fingerprint density at radius 2 is 2.29 bits per heavy atom. The van der Waals surface area contributed by atoms with E-state index in [1.807, 2.05) is 20.0 Å². The monoisotopic (exact) mass is 253 g/mol. The highest BCUT2D eigenvalue weighted by Crippen LogP contribution is 2.25. The van der Waals surface area contributed by atoms with E-state index < -0.39 is 0 Å². The molecule has 1 atom stereocenters. The van der Waals surface area contributed by atoms with Crippen molar-refractivity contribution >= 4 is 17.4 Å². The standard InChI is InChI=1S/C13H20ClN3/c1-10-8-15-11(2)13(16-10)17-7-3-4-12(9-17)5-6-14/h8,12H,3-7,9H2,1-2H3. The Balaban J connectivity index is 2.13. The molecule has 2 heterocycles. The molecule has 4 heteroatoms. The second-order valence-corrected chi connectivity index (χ2v) is 5.23. The Morgan fingerprint density at radius 3 is 3.06 bits per heavy atom. The fourth-order valence-electron chi connectivity index (χ4n) is 2.47. The van der Waals surface area contributed by atoms with Gasteiger partial charge in [0.15, 0.2) is 0 Å². The minimum atomic E-state index is 0.711. The third-order valence-electron chi connectivity index (χ3n) is 3.39. The van der Waals surface area contributed by atoms with Crippen LogP contribution in [0.15, 0.2) is 6.20 Å². The maximum atomic E-state index is 5.84. The van der Waals surface area contributed by atoms with Crippen LogP contribution in [-0.2, 0) is 0 Å². The first-order valence-electron chi connectivity index (χ1n) is 6.32. The van der Waals surface area contributed by atoms with Gasteiger partial charge in [0.25, 0.3) is 0 Å². The Kier molecular flexibility index (Phi) is 4.21. The quantitative estimate of drug-likeness (QED) is 0.776. The van der Waals surface area contributed by atoms with Crippen molar-refractivity contribution in [1.29, 1.82) is 0 Å². The highest BCUT2D eigenvalue weighted by Gasteiger charge is 2.21. The van der Waals surface area contributed by atoms with Gasteiger partial charge in [0.05, 0.1) is 11.4 Å². The molecule has 0 amide bonds. The van der Waals surface area contributed by atoms with Gasteiger partial charge < -0.3 is 4.90 Å². The molecule has 1 aliphatic rings. The van der Waals surface area contributed by atoms with Gasteiger partial charge in [-0.2, -0.15) is 0 Å². The van der Waals surface area contributed by atoms with E-state index in [2.05, 4.69) is 14.9 Å². The minimum Gasteiger partial charge on any atom is -0.355 e. The Morgan fingerprint density at radius 1 is 1.47 bits per heavy atom. The van der Waals surface area contributed by atoms with Crippen LogP contribution >= 0.6 is 11.6 Å². The summed E-state index contributed by atoms with van der Waals surface area (Å²) < 4.78 is 0. The summed E-state index contributed by atoms with van der Waals surface area (Å²) in [6.45, 7) is 6.20. The average Bonchev–Trinajstić information content (AvgIpc) is 2.33. The topological polar surface area (TPSA) is 29.0 Å². The predicted octanol–water partition coefficient (Wildman–Crippen LogP) is 2.94. The lowest BCUT2D eigenvalue weighted by Gasteiger charge is -2.34. The SMILES string of the molecule is Cc1cnc(C)c(N2CCCC(CCCl)C2)n1. The van der Waals surface area contributed by atoms with Gasteiger partial charge in [-0.3, -0.25) is 4.98 Å². The summed E-state index contributed by atoms with van der Waals surface area (Å²) in [5, 5.41) is 0. The second kappa shape index (κ2) is 5.67. The molecular weight excluding hydrogens is 234 g/mol. The van der Waals surface area contributed by atoms with E-state index in [1.165, 1.54) is 12.8 Å². The molecule has 2 rings (SSSR count). The molecule has 1 saturated heterocycles. The lowest BCUT2D eigenvalue weighted by molar-refractivity contribution is 0.404. The van der Waals surface area contributed by atoms with E-state index >= 15 is 0 Å². The van der Waals surface area contributed by atoms with E-state index in [0.717, 1.165) is 42.6 Å². The van der Waals surface area contributed by atoms with Gasteiger partial charge >= 0.3 is 0 Å². The molecule has 3 nitrogen and oxygen atoms in total. The van der Waals surface area contributed by atoms with Crippen LogP contribution in [0.3, 0.4) is 0 Å². The van der Waals surface area contributed by atoms with E-state index in [-0.39, 0.29) is 0 Å². The van der Waals surface area contributed by atoms with Gasteiger partial charge in [-0.1, -0.05) is 0 Å². The minimum absolute atomic E-state index is 0.711. The van der Waals surface area contributed by atoms with Crippen molar-refractivity contribution in [3.63, 3.8) is 0 Å². The van der Waals surface area contributed by atoms with Gasteiger partial charge in [-0.05, 0) is 39.0 Å². The van der Waals surface area contributed by atoms with E-state index in [4.69, 9.17) is 11.6 Å². The van der Waals surface area contributed by atoms with Crippen molar-refractivity contribution in [3.8, 4) is 0 Å². The Hall–Kier alpha value is -0.830. The fourth-order valence-corrected chi connectivity index (χ4v) is 2.78. The molecule has 1 fully saturated rings. The summed E-state index contributed by atoms with van der Waals surface area (Å²) in [6, 6.07) is 0. The zero-order valence-electron chi connectivity index (χ0n) is 10.6. The molecule has 0 radical (unpaired) electrons. The lowest BCUT2D eigenvalue weighted by atomic mass is 9.95. The number of nitrogens with zero attached hydrogens (tertiary/aromatic N) is 3. The zero-order chi connectivity index (χ0) is 12.3. The van der Waals surface area contributed by atoms with Crippen molar-refractivity contribution in [2.45, 2.75) is 33.1 Å². The van der Waals surface area contributed by atoms with E-state index in [0.29, 0.717) is 5.92 Å². The number of hydrogen-bond donors (Lipinski definition) is 0. The summed E-state index contributed by atoms with van der Waals surface area (Å²) in [7, 11) is 0. The number of aryl methyl sites for hydroxylation is 2. The molecule has 17 heavy (non-hydrogen) atoms. The third kappa shape index (κ3) is 3.09. The summed E-state index contributed by atoms with van der Waals surface area (Å²) >= 11 is 5.84. The van der Waals surface area contributed by atoms with Crippen LogP contribution < -0.4 is 4.90 Å². The van der Waals surface area contributed by atoms with Crippen molar-refractivity contribution in [2.75, 3.05) is 23.9 Å². The molecule has 1 aromatic rings. The van der Waals surface area contributed by atoms with Crippen LogP contribution in [0.2, 0.25) is 0 Å². The number of rotatable bonds is 3. The number of halogens is 1. The van der Waals surface area contributed by atoms with Gasteiger partial charge in [-0.25, -0.2) is 4.98 Å². The molecule has 0 saturated carbocycles. The van der Waals surface area contributed by atoms with Crippen molar-refractivity contribution in [3.05, 3.63) is 17.6 Å². The molecule has 0 aliphatic carbocycles. The van der Waals surface area contributed by atoms with Crippen LogP contribution in [0.25, 0.3) is 0 Å². The van der Waals surface area contributed by atoms with Crippen LogP contribution in [0, 0.1) is 19.8 Å². The van der Waals surface area contributed by atoms with Crippen LogP contribution in [0.5, 0.6) is 0 Å². The number of alkyl halides is 1. The molecule has 94 valence electrons. The summed E-state index contributed by atoms with van der Waals surface area (Å²) in [4.78, 5) is 11.4. The molecule has 1 unspecified atom stereocenters. The first kappa shape index (κ1) is 12.6. The van der Waals surface area contributed by atoms with Crippen molar-refractivity contribution in [1.82, 2.24) is 9.97 Å². The van der Waals surface area contributed by atoms with E-state index in [9.17, 15) is 0 Å². The zero-order valence-corrected chi connectivity index (χ0v) is 11.4. The van der Waals surface area contributed by atoms with Crippen LogP contribution in [-0.4, -0.2) is 28.9 Å². The highest BCUT2D eigenvalue weighted by atomic mass is 35.5. The predicted molar refractivity (Wildman–Crippen MR) is 71.8 cm³/mol. The largest absolute Gasteiger partial charge is 0.355 e. The lowest BCUT2D eigenvalue weighted by Crippen LogP contribution is -2.36. The van der Waals surface area contributed by atoms with Gasteiger partial charge in [0, 0.05) is 25.2 Å². The molecule has 0 aromatic carbocycles. The second-order valence-electron chi connectivity index (χ2n) is 4.85. The molecule has 1 aliphatic heterocycles.